The number of aliphatic hydroxyl groups is 1. The van der Waals surface area contributed by atoms with Crippen molar-refractivity contribution >= 4 is 5.91 Å². The first-order valence-corrected chi connectivity index (χ1v) is 8.72. The van der Waals surface area contributed by atoms with Crippen LogP contribution in [-0.2, 0) is 4.79 Å². The molecule has 3 aliphatic rings. The first-order valence-electron chi connectivity index (χ1n) is 8.72. The van der Waals surface area contributed by atoms with Gasteiger partial charge in [0.15, 0.2) is 0 Å². The lowest BCUT2D eigenvalue weighted by molar-refractivity contribution is -0.124. The molecule has 2 bridgehead atoms. The summed E-state index contributed by atoms with van der Waals surface area (Å²) in [6.07, 6.45) is 3.29. The molecule has 1 amide bonds. The summed E-state index contributed by atoms with van der Waals surface area (Å²) < 4.78 is 5.13. The summed E-state index contributed by atoms with van der Waals surface area (Å²) in [6.45, 7) is 1.87. The molecule has 4 heteroatoms. The number of hydrogen-bond acceptors (Lipinski definition) is 3. The van der Waals surface area contributed by atoms with Crippen LogP contribution in [0.15, 0.2) is 24.3 Å². The molecule has 1 aromatic rings. The van der Waals surface area contributed by atoms with Crippen molar-refractivity contribution in [2.45, 2.75) is 38.3 Å². The van der Waals surface area contributed by atoms with Gasteiger partial charge in [-0.2, -0.15) is 0 Å². The minimum atomic E-state index is -0.694. The number of methoxy groups -OCH3 is 1. The summed E-state index contributed by atoms with van der Waals surface area (Å²) in [4.78, 5) is 12.5. The Kier molecular flexibility index (Phi) is 3.60. The molecule has 1 unspecified atom stereocenters. The van der Waals surface area contributed by atoms with Crippen LogP contribution in [0.5, 0.6) is 5.75 Å². The Balaban J connectivity index is 1.36. The highest BCUT2D eigenvalue weighted by atomic mass is 16.5. The van der Waals surface area contributed by atoms with Gasteiger partial charge >= 0.3 is 0 Å². The summed E-state index contributed by atoms with van der Waals surface area (Å²) in [5, 5.41) is 13.5. The second kappa shape index (κ2) is 5.52. The predicted octanol–water partition coefficient (Wildman–Crippen LogP) is 2.53. The van der Waals surface area contributed by atoms with Crippen molar-refractivity contribution in [1.29, 1.82) is 0 Å². The second-order valence-electron chi connectivity index (χ2n) is 7.53. The molecule has 23 heavy (non-hydrogen) atoms. The number of nitrogens with one attached hydrogen (secondary N) is 1. The van der Waals surface area contributed by atoms with E-state index in [4.69, 9.17) is 4.74 Å². The summed E-state index contributed by atoms with van der Waals surface area (Å²) in [5.74, 6) is 3.99. The zero-order chi connectivity index (χ0) is 16.1. The number of carbonyl (C=O) groups excluding carboxylic acids is 1. The van der Waals surface area contributed by atoms with Gasteiger partial charge in [-0.1, -0.05) is 12.1 Å². The average molecular weight is 315 g/mol. The van der Waals surface area contributed by atoms with Gasteiger partial charge in [-0.05, 0) is 67.6 Å². The zero-order valence-corrected chi connectivity index (χ0v) is 13.7. The SMILES string of the molecule is COc1ccc([C@H](O)[C@@H](C)NC(=O)C2[C@@H]3[C@H]4CC[C@@H](C4)[C@H]23)cc1. The number of rotatable bonds is 5. The van der Waals surface area contributed by atoms with E-state index in [0.29, 0.717) is 11.8 Å². The number of carbonyl (C=O) groups is 1. The fraction of sp³-hybridized carbons (Fsp3) is 0.632. The number of aliphatic hydroxyl groups excluding tert-OH is 1. The predicted molar refractivity (Wildman–Crippen MR) is 86.9 cm³/mol. The Hall–Kier alpha value is -1.55. The molecule has 7 atom stereocenters. The van der Waals surface area contributed by atoms with E-state index < -0.39 is 6.10 Å². The molecule has 0 saturated heterocycles. The number of amides is 1. The molecule has 4 nitrogen and oxygen atoms in total. The van der Waals surface area contributed by atoms with Gasteiger partial charge in [0, 0.05) is 5.92 Å². The van der Waals surface area contributed by atoms with Gasteiger partial charge in [-0.3, -0.25) is 4.79 Å². The van der Waals surface area contributed by atoms with E-state index in [9.17, 15) is 9.90 Å². The maximum absolute atomic E-state index is 12.5. The quantitative estimate of drug-likeness (QED) is 0.878. The molecule has 3 aliphatic carbocycles. The van der Waals surface area contributed by atoms with Gasteiger partial charge in [0.1, 0.15) is 5.75 Å². The topological polar surface area (TPSA) is 58.6 Å². The number of benzene rings is 1. The van der Waals surface area contributed by atoms with Crippen LogP contribution in [0.1, 0.15) is 37.9 Å². The minimum absolute atomic E-state index is 0.150. The zero-order valence-electron chi connectivity index (χ0n) is 13.7. The summed E-state index contributed by atoms with van der Waals surface area (Å²) in [7, 11) is 1.62. The van der Waals surface area contributed by atoms with Crippen LogP contribution < -0.4 is 10.1 Å². The van der Waals surface area contributed by atoms with Crippen molar-refractivity contribution < 1.29 is 14.6 Å². The highest BCUT2D eigenvalue weighted by molar-refractivity contribution is 5.83. The maximum Gasteiger partial charge on any atom is 0.224 e. The van der Waals surface area contributed by atoms with E-state index in [0.717, 1.165) is 23.1 Å². The number of fused-ring (bicyclic) bond motifs is 5. The normalized spacial score (nSPS) is 36.2. The van der Waals surface area contributed by atoms with Crippen molar-refractivity contribution in [1.82, 2.24) is 5.32 Å². The summed E-state index contributed by atoms with van der Waals surface area (Å²) in [5.41, 5.74) is 0.801. The van der Waals surface area contributed by atoms with Crippen LogP contribution in [0.2, 0.25) is 0 Å². The molecule has 0 aromatic heterocycles. The Morgan fingerprint density at radius 1 is 1.22 bits per heavy atom. The number of ether oxygens (including phenoxy) is 1. The Morgan fingerprint density at radius 3 is 2.39 bits per heavy atom. The molecule has 3 saturated carbocycles. The standard InChI is InChI=1S/C19H25NO3/c1-10(18(21)11-5-7-14(23-2)8-6-11)20-19(22)17-15-12-3-4-13(9-12)16(15)17/h5-8,10,12-13,15-18,21H,3-4,9H2,1-2H3,(H,20,22)/t10-,12+,13+,15-,16+,17?,18-/m1/s1. The number of hydrogen-bond donors (Lipinski definition) is 2. The van der Waals surface area contributed by atoms with E-state index in [1.807, 2.05) is 31.2 Å². The molecule has 0 aliphatic heterocycles. The van der Waals surface area contributed by atoms with Gasteiger partial charge in [-0.25, -0.2) is 0 Å². The van der Waals surface area contributed by atoms with Crippen molar-refractivity contribution in [2.75, 3.05) is 7.11 Å². The monoisotopic (exact) mass is 315 g/mol. The Labute approximate surface area is 137 Å². The first kappa shape index (κ1) is 15.0. The van der Waals surface area contributed by atoms with Gasteiger partial charge in [0.05, 0.1) is 19.3 Å². The molecule has 4 rings (SSSR count). The van der Waals surface area contributed by atoms with Crippen molar-refractivity contribution in [3.8, 4) is 5.75 Å². The van der Waals surface area contributed by atoms with E-state index >= 15 is 0 Å². The lowest BCUT2D eigenvalue weighted by Crippen LogP contribution is -2.39. The average Bonchev–Trinajstić information content (AvgIpc) is 3.02. The van der Waals surface area contributed by atoms with Crippen molar-refractivity contribution in [3.63, 3.8) is 0 Å². The van der Waals surface area contributed by atoms with E-state index in [1.165, 1.54) is 19.3 Å². The van der Waals surface area contributed by atoms with E-state index in [1.54, 1.807) is 7.11 Å². The molecule has 1 aromatic carbocycles. The van der Waals surface area contributed by atoms with Crippen LogP contribution in [0.25, 0.3) is 0 Å². The van der Waals surface area contributed by atoms with Gasteiger partial charge < -0.3 is 15.2 Å². The first-order chi connectivity index (χ1) is 11.1. The molecule has 0 spiro atoms. The van der Waals surface area contributed by atoms with Gasteiger partial charge in [0.2, 0.25) is 5.91 Å². The lowest BCUT2D eigenvalue weighted by atomic mass is 10.0. The molecule has 124 valence electrons. The molecular weight excluding hydrogens is 290 g/mol. The highest BCUT2D eigenvalue weighted by Crippen LogP contribution is 2.69. The third kappa shape index (κ3) is 2.44. The van der Waals surface area contributed by atoms with Crippen LogP contribution in [0.3, 0.4) is 0 Å². The van der Waals surface area contributed by atoms with Crippen LogP contribution >= 0.6 is 0 Å². The molecule has 0 heterocycles. The third-order valence-electron chi connectivity index (χ3n) is 6.34. The van der Waals surface area contributed by atoms with Gasteiger partial charge in [-0.15, -0.1) is 0 Å². The minimum Gasteiger partial charge on any atom is -0.497 e. The Morgan fingerprint density at radius 2 is 1.83 bits per heavy atom. The Bertz CT molecular complexity index is 583. The van der Waals surface area contributed by atoms with E-state index in [-0.39, 0.29) is 17.9 Å². The summed E-state index contributed by atoms with van der Waals surface area (Å²) >= 11 is 0. The highest BCUT2D eigenvalue weighted by Gasteiger charge is 2.67. The smallest absolute Gasteiger partial charge is 0.224 e. The summed E-state index contributed by atoms with van der Waals surface area (Å²) in [6, 6.07) is 7.07. The fourth-order valence-corrected chi connectivity index (χ4v) is 5.16. The largest absolute Gasteiger partial charge is 0.497 e. The molecule has 3 fully saturated rings. The fourth-order valence-electron chi connectivity index (χ4n) is 5.16. The van der Waals surface area contributed by atoms with Crippen LogP contribution in [0.4, 0.5) is 0 Å². The molecular formula is C19H25NO3. The van der Waals surface area contributed by atoms with Crippen LogP contribution in [0, 0.1) is 29.6 Å². The van der Waals surface area contributed by atoms with Gasteiger partial charge in [0.25, 0.3) is 0 Å². The molecule has 0 radical (unpaired) electrons. The third-order valence-corrected chi connectivity index (χ3v) is 6.34. The van der Waals surface area contributed by atoms with Crippen molar-refractivity contribution in [2.24, 2.45) is 29.6 Å². The second-order valence-corrected chi connectivity index (χ2v) is 7.53. The lowest BCUT2D eigenvalue weighted by Gasteiger charge is -2.21. The maximum atomic E-state index is 12.5. The molecule has 2 N–H and O–H groups in total. The van der Waals surface area contributed by atoms with Crippen LogP contribution in [-0.4, -0.2) is 24.2 Å². The van der Waals surface area contributed by atoms with E-state index in [2.05, 4.69) is 5.32 Å². The van der Waals surface area contributed by atoms with Crippen molar-refractivity contribution in [3.05, 3.63) is 29.8 Å².